The van der Waals surface area contributed by atoms with Gasteiger partial charge in [-0.3, -0.25) is 4.98 Å². The maximum atomic E-state index is 12.2. The van der Waals surface area contributed by atoms with E-state index >= 15 is 0 Å². The number of nitrogens with one attached hydrogen (secondary N) is 2. The van der Waals surface area contributed by atoms with Gasteiger partial charge in [0.05, 0.1) is 11.4 Å². The van der Waals surface area contributed by atoms with Crippen LogP contribution in [0.1, 0.15) is 31.2 Å². The van der Waals surface area contributed by atoms with Gasteiger partial charge in [0.25, 0.3) is 0 Å². The van der Waals surface area contributed by atoms with Crippen LogP contribution in [-0.2, 0) is 6.42 Å². The molecule has 0 saturated carbocycles. The van der Waals surface area contributed by atoms with E-state index in [1.54, 1.807) is 6.20 Å². The summed E-state index contributed by atoms with van der Waals surface area (Å²) in [7, 11) is 0. The van der Waals surface area contributed by atoms with Crippen molar-refractivity contribution in [3.63, 3.8) is 0 Å². The Balaban J connectivity index is 1.55. The molecule has 1 saturated heterocycles. The first-order valence-electron chi connectivity index (χ1n) is 9.11. The normalized spacial score (nSPS) is 14.6. The van der Waals surface area contributed by atoms with E-state index in [0.29, 0.717) is 6.54 Å². The molecule has 25 heavy (non-hydrogen) atoms. The lowest BCUT2D eigenvalue weighted by molar-refractivity contribution is 0.252. The van der Waals surface area contributed by atoms with E-state index in [2.05, 4.69) is 26.6 Å². The van der Waals surface area contributed by atoms with Crippen molar-refractivity contribution in [3.8, 4) is 0 Å². The van der Waals surface area contributed by atoms with Crippen LogP contribution >= 0.6 is 0 Å². The number of rotatable bonds is 5. The molecule has 0 bridgehead atoms. The number of amides is 2. The Labute approximate surface area is 149 Å². The summed E-state index contributed by atoms with van der Waals surface area (Å²) < 4.78 is 0. The lowest BCUT2D eigenvalue weighted by atomic mass is 10.2. The first kappa shape index (κ1) is 17.3. The Morgan fingerprint density at radius 2 is 1.84 bits per heavy atom. The van der Waals surface area contributed by atoms with Crippen molar-refractivity contribution in [1.29, 1.82) is 0 Å². The summed E-state index contributed by atoms with van der Waals surface area (Å²) in [4.78, 5) is 18.7. The standard InChI is InChI=1S/C20H26N4O/c25-20(22-13-11-17-8-7-12-21-16-17)23-18-9-3-4-10-19(18)24-14-5-1-2-6-15-24/h3-4,7-10,12,16H,1-2,5-6,11,13-15H2,(H2,22,23,25). The molecular formula is C20H26N4O. The van der Waals surface area contributed by atoms with E-state index in [1.165, 1.54) is 25.7 Å². The third kappa shape index (κ3) is 5.21. The van der Waals surface area contributed by atoms with E-state index < -0.39 is 0 Å². The maximum absolute atomic E-state index is 12.2. The topological polar surface area (TPSA) is 57.3 Å². The fourth-order valence-corrected chi connectivity index (χ4v) is 3.20. The number of para-hydroxylation sites is 2. The molecule has 2 amide bonds. The van der Waals surface area contributed by atoms with Crippen LogP contribution in [0.25, 0.3) is 0 Å². The van der Waals surface area contributed by atoms with E-state index in [0.717, 1.165) is 36.4 Å². The van der Waals surface area contributed by atoms with Gasteiger partial charge >= 0.3 is 6.03 Å². The molecule has 2 aromatic rings. The minimum atomic E-state index is -0.161. The number of aromatic nitrogens is 1. The molecule has 1 aliphatic heterocycles. The Kier molecular flexibility index (Phi) is 6.26. The molecule has 1 fully saturated rings. The van der Waals surface area contributed by atoms with Gasteiger partial charge in [0.1, 0.15) is 0 Å². The number of anilines is 2. The summed E-state index contributed by atoms with van der Waals surface area (Å²) in [6.45, 7) is 2.70. The lowest BCUT2D eigenvalue weighted by Gasteiger charge is -2.25. The first-order chi connectivity index (χ1) is 12.3. The maximum Gasteiger partial charge on any atom is 0.319 e. The fraction of sp³-hybridized carbons (Fsp3) is 0.400. The Morgan fingerprint density at radius 3 is 2.60 bits per heavy atom. The molecular weight excluding hydrogens is 312 g/mol. The Bertz CT molecular complexity index is 666. The Hall–Kier alpha value is -2.56. The van der Waals surface area contributed by atoms with Gasteiger partial charge in [-0.15, -0.1) is 0 Å². The van der Waals surface area contributed by atoms with Gasteiger partial charge in [0.2, 0.25) is 0 Å². The first-order valence-corrected chi connectivity index (χ1v) is 9.11. The molecule has 5 heteroatoms. The van der Waals surface area contributed by atoms with Crippen molar-refractivity contribution < 1.29 is 4.79 Å². The third-order valence-corrected chi connectivity index (χ3v) is 4.52. The van der Waals surface area contributed by atoms with Crippen LogP contribution in [0.2, 0.25) is 0 Å². The molecule has 0 unspecified atom stereocenters. The summed E-state index contributed by atoms with van der Waals surface area (Å²) in [5.74, 6) is 0. The zero-order chi connectivity index (χ0) is 17.3. The van der Waals surface area contributed by atoms with Crippen LogP contribution < -0.4 is 15.5 Å². The number of hydrogen-bond donors (Lipinski definition) is 2. The number of carbonyl (C=O) groups excluding carboxylic acids is 1. The summed E-state index contributed by atoms with van der Waals surface area (Å²) in [6, 6.07) is 11.8. The number of pyridine rings is 1. The van der Waals surface area contributed by atoms with Crippen molar-refractivity contribution in [2.75, 3.05) is 29.9 Å². The minimum Gasteiger partial charge on any atom is -0.370 e. The van der Waals surface area contributed by atoms with Gasteiger partial charge in [-0.05, 0) is 43.0 Å². The van der Waals surface area contributed by atoms with E-state index in [9.17, 15) is 4.79 Å². The SMILES string of the molecule is O=C(NCCc1cccnc1)Nc1ccccc1N1CCCCCC1. The molecule has 0 atom stereocenters. The molecule has 1 aromatic carbocycles. The highest BCUT2D eigenvalue weighted by Crippen LogP contribution is 2.27. The molecule has 1 aliphatic rings. The lowest BCUT2D eigenvalue weighted by Crippen LogP contribution is -2.32. The fourth-order valence-electron chi connectivity index (χ4n) is 3.20. The zero-order valence-corrected chi connectivity index (χ0v) is 14.6. The highest BCUT2D eigenvalue weighted by Gasteiger charge is 2.14. The van der Waals surface area contributed by atoms with Crippen LogP contribution in [0.15, 0.2) is 48.8 Å². The molecule has 0 aliphatic carbocycles. The number of carbonyl (C=O) groups is 1. The van der Waals surface area contributed by atoms with Gasteiger partial charge in [-0.1, -0.05) is 31.0 Å². The molecule has 0 radical (unpaired) electrons. The number of urea groups is 1. The van der Waals surface area contributed by atoms with E-state index in [-0.39, 0.29) is 6.03 Å². The van der Waals surface area contributed by atoms with Gasteiger partial charge in [0, 0.05) is 32.0 Å². The second-order valence-corrected chi connectivity index (χ2v) is 6.41. The van der Waals surface area contributed by atoms with Crippen molar-refractivity contribution in [1.82, 2.24) is 10.3 Å². The van der Waals surface area contributed by atoms with Crippen LogP contribution in [0.4, 0.5) is 16.2 Å². The summed E-state index contributed by atoms with van der Waals surface area (Å²) in [5.41, 5.74) is 3.11. The molecule has 0 spiro atoms. The predicted molar refractivity (Wildman–Crippen MR) is 102 cm³/mol. The van der Waals surface area contributed by atoms with Crippen LogP contribution in [0.3, 0.4) is 0 Å². The molecule has 3 rings (SSSR count). The molecule has 132 valence electrons. The molecule has 2 heterocycles. The number of benzene rings is 1. The van der Waals surface area contributed by atoms with Crippen LogP contribution in [0, 0.1) is 0 Å². The summed E-state index contributed by atoms with van der Waals surface area (Å²) in [5, 5.41) is 5.93. The van der Waals surface area contributed by atoms with Crippen LogP contribution in [0.5, 0.6) is 0 Å². The number of hydrogen-bond acceptors (Lipinski definition) is 3. The van der Waals surface area contributed by atoms with E-state index in [4.69, 9.17) is 0 Å². The Morgan fingerprint density at radius 1 is 1.04 bits per heavy atom. The summed E-state index contributed by atoms with van der Waals surface area (Å²) in [6.07, 6.45) is 9.37. The minimum absolute atomic E-state index is 0.161. The van der Waals surface area contributed by atoms with Crippen molar-refractivity contribution in [2.45, 2.75) is 32.1 Å². The van der Waals surface area contributed by atoms with Gasteiger partial charge in [0.15, 0.2) is 0 Å². The van der Waals surface area contributed by atoms with Gasteiger partial charge in [-0.25, -0.2) is 4.79 Å². The quantitative estimate of drug-likeness (QED) is 0.871. The van der Waals surface area contributed by atoms with Gasteiger partial charge in [-0.2, -0.15) is 0 Å². The average molecular weight is 338 g/mol. The van der Waals surface area contributed by atoms with Gasteiger partial charge < -0.3 is 15.5 Å². The highest BCUT2D eigenvalue weighted by molar-refractivity contribution is 5.93. The van der Waals surface area contributed by atoms with E-state index in [1.807, 2.05) is 36.5 Å². The molecule has 2 N–H and O–H groups in total. The summed E-state index contributed by atoms with van der Waals surface area (Å²) >= 11 is 0. The van der Waals surface area contributed by atoms with Crippen LogP contribution in [-0.4, -0.2) is 30.6 Å². The monoisotopic (exact) mass is 338 g/mol. The zero-order valence-electron chi connectivity index (χ0n) is 14.6. The molecule has 5 nitrogen and oxygen atoms in total. The third-order valence-electron chi connectivity index (χ3n) is 4.52. The van der Waals surface area contributed by atoms with Crippen molar-refractivity contribution in [2.24, 2.45) is 0 Å². The molecule has 1 aromatic heterocycles. The van der Waals surface area contributed by atoms with Crippen molar-refractivity contribution in [3.05, 3.63) is 54.4 Å². The van der Waals surface area contributed by atoms with Crippen molar-refractivity contribution >= 4 is 17.4 Å². The highest BCUT2D eigenvalue weighted by atomic mass is 16.2. The predicted octanol–water partition coefficient (Wildman–Crippen LogP) is 3.83. The smallest absolute Gasteiger partial charge is 0.319 e. The second kappa shape index (κ2) is 9.06. The largest absolute Gasteiger partial charge is 0.370 e. The average Bonchev–Trinajstić information content (AvgIpc) is 2.92. The second-order valence-electron chi connectivity index (χ2n) is 6.41. The number of nitrogens with zero attached hydrogens (tertiary/aromatic N) is 2.